The van der Waals surface area contributed by atoms with Crippen molar-refractivity contribution >= 4 is 19.7 Å². The Morgan fingerprint density at radius 3 is 1.16 bits per heavy atom. The van der Waals surface area contributed by atoms with E-state index in [9.17, 15) is 16.8 Å². The summed E-state index contributed by atoms with van der Waals surface area (Å²) in [4.78, 5) is 0.445. The molecule has 0 unspecified atom stereocenters. The van der Waals surface area contributed by atoms with Crippen LogP contribution in [0.1, 0.15) is 59.1 Å². The molecule has 0 bridgehead atoms. The van der Waals surface area contributed by atoms with E-state index in [4.69, 9.17) is 50.7 Å². The summed E-state index contributed by atoms with van der Waals surface area (Å²) in [5, 5.41) is 0. The van der Waals surface area contributed by atoms with Gasteiger partial charge in [0.25, 0.3) is 0 Å². The number of benzene rings is 4. The first-order valence-electron chi connectivity index (χ1n) is 22.9. The van der Waals surface area contributed by atoms with Gasteiger partial charge in [0.15, 0.2) is 19.7 Å². The number of hydrogen-bond acceptors (Lipinski definition) is 12. The van der Waals surface area contributed by atoms with Crippen LogP contribution in [-0.4, -0.2) is 135 Å². The second-order valence-electron chi connectivity index (χ2n) is 15.9. The van der Waals surface area contributed by atoms with Crippen molar-refractivity contribution in [2.24, 2.45) is 0 Å². The zero-order valence-electron chi connectivity index (χ0n) is 39.6. The topological polar surface area (TPSA) is 142 Å². The molecule has 1 aliphatic carbocycles. The second kappa shape index (κ2) is 29.0. The summed E-state index contributed by atoms with van der Waals surface area (Å²) >= 11 is 0. The zero-order chi connectivity index (χ0) is 49.2. The molecule has 4 aromatic rings. The molecule has 0 saturated carbocycles. The van der Waals surface area contributed by atoms with E-state index >= 15 is 0 Å². The first kappa shape index (κ1) is 54.6. The van der Waals surface area contributed by atoms with E-state index in [0.29, 0.717) is 103 Å². The van der Waals surface area contributed by atoms with Gasteiger partial charge in [0.1, 0.15) is 13.2 Å². The molecule has 1 aliphatic rings. The average Bonchev–Trinajstić information content (AvgIpc) is 3.62. The molecular weight excluding hydrogens is 917 g/mol. The number of methoxy groups -OCH3 is 2. The van der Waals surface area contributed by atoms with Crippen LogP contribution in [0.15, 0.2) is 94.7 Å². The first-order chi connectivity index (χ1) is 33.6. The van der Waals surface area contributed by atoms with Crippen molar-refractivity contribution in [2.75, 3.05) is 118 Å². The minimum Gasteiger partial charge on any atom is -0.382 e. The van der Waals surface area contributed by atoms with Gasteiger partial charge in [-0.1, -0.05) is 47.7 Å². The van der Waals surface area contributed by atoms with E-state index in [1.807, 2.05) is 12.1 Å². The number of fused-ring (bicyclic) bond motifs is 3. The van der Waals surface area contributed by atoms with Crippen LogP contribution in [0.25, 0.3) is 11.1 Å². The standard InChI is InChI=1S/C55H62O12S2/c1-5-27-62-29-7-41-68(56,57)49-19-13-45(14-20-49)9-11-47-17-23-51-52-24-18-48(12-10-46-15-21-50(22-16-46)69(58,59)42-8-30-63-28-6-2)44-54(52)55(53(51)43-47,25-31-64-37-39-66-35-33-60-3)26-32-65-38-40-67-36-34-61-4/h1-2,13-24,43-44H,7-8,25-42H2,3-4H3. The fourth-order valence-corrected chi connectivity index (χ4v) is 10.3. The molecule has 0 radical (unpaired) electrons. The first-order valence-corrected chi connectivity index (χ1v) is 26.2. The van der Waals surface area contributed by atoms with Crippen molar-refractivity contribution in [3.05, 3.63) is 118 Å². The fourth-order valence-electron chi connectivity index (χ4n) is 7.72. The van der Waals surface area contributed by atoms with Crippen molar-refractivity contribution in [3.63, 3.8) is 0 Å². The maximum absolute atomic E-state index is 13.0. The van der Waals surface area contributed by atoms with Crippen molar-refractivity contribution in [3.8, 4) is 59.5 Å². The largest absolute Gasteiger partial charge is 0.382 e. The van der Waals surface area contributed by atoms with Crippen LogP contribution >= 0.6 is 0 Å². The Labute approximate surface area is 409 Å². The monoisotopic (exact) mass is 978 g/mol. The maximum atomic E-state index is 13.0. The fraction of sp³-hybridized carbons (Fsp3) is 0.418. The summed E-state index contributed by atoms with van der Waals surface area (Å²) in [7, 11) is -3.74. The third kappa shape index (κ3) is 17.0. The van der Waals surface area contributed by atoms with Crippen LogP contribution in [0.4, 0.5) is 0 Å². The molecule has 366 valence electrons. The predicted molar refractivity (Wildman–Crippen MR) is 266 cm³/mol. The van der Waals surface area contributed by atoms with Gasteiger partial charge in [-0.05, 0) is 121 Å². The van der Waals surface area contributed by atoms with Gasteiger partial charge in [-0.15, -0.1) is 12.8 Å². The molecule has 0 N–H and O–H groups in total. The lowest BCUT2D eigenvalue weighted by Crippen LogP contribution is -2.30. The van der Waals surface area contributed by atoms with E-state index in [2.05, 4.69) is 59.8 Å². The molecule has 0 atom stereocenters. The van der Waals surface area contributed by atoms with Gasteiger partial charge in [0.05, 0.1) is 74.2 Å². The minimum atomic E-state index is -3.50. The van der Waals surface area contributed by atoms with Crippen LogP contribution in [0, 0.1) is 48.4 Å². The minimum absolute atomic E-state index is 0.0505. The Morgan fingerprint density at radius 1 is 0.435 bits per heavy atom. The van der Waals surface area contributed by atoms with Crippen molar-refractivity contribution in [1.29, 1.82) is 0 Å². The highest BCUT2D eigenvalue weighted by molar-refractivity contribution is 7.91. The molecule has 0 spiro atoms. The molecule has 0 saturated heterocycles. The Kier molecular flexibility index (Phi) is 23.0. The second-order valence-corrected chi connectivity index (χ2v) is 20.2. The summed E-state index contributed by atoms with van der Waals surface area (Å²) in [5.74, 6) is 17.8. The van der Waals surface area contributed by atoms with Crippen LogP contribution in [0.5, 0.6) is 0 Å². The molecular formula is C55H62O12S2. The molecule has 0 amide bonds. The molecule has 0 aromatic heterocycles. The van der Waals surface area contributed by atoms with E-state index < -0.39 is 25.1 Å². The summed E-state index contributed by atoms with van der Waals surface area (Å²) < 4.78 is 96.3. The normalized spacial score (nSPS) is 12.5. The summed E-state index contributed by atoms with van der Waals surface area (Å²) in [5.41, 5.74) is 6.66. The van der Waals surface area contributed by atoms with E-state index in [1.165, 1.54) is 0 Å². The molecule has 0 fully saturated rings. The Balaban J connectivity index is 1.44. The third-order valence-corrected chi connectivity index (χ3v) is 14.9. The number of ether oxygens (including phenoxy) is 8. The molecule has 0 heterocycles. The summed E-state index contributed by atoms with van der Waals surface area (Å²) in [6.45, 7) is 5.32. The smallest absolute Gasteiger partial charge is 0.178 e. The van der Waals surface area contributed by atoms with Crippen LogP contribution in [0.2, 0.25) is 0 Å². The summed E-state index contributed by atoms with van der Waals surface area (Å²) in [6, 6.07) is 25.7. The molecule has 5 rings (SSSR count). The van der Waals surface area contributed by atoms with E-state index in [0.717, 1.165) is 33.4 Å². The van der Waals surface area contributed by atoms with E-state index in [-0.39, 0.29) is 47.7 Å². The highest BCUT2D eigenvalue weighted by Gasteiger charge is 2.43. The van der Waals surface area contributed by atoms with Crippen molar-refractivity contribution < 1.29 is 54.7 Å². The lowest BCUT2D eigenvalue weighted by atomic mass is 9.72. The van der Waals surface area contributed by atoms with Gasteiger partial charge in [0.2, 0.25) is 0 Å². The Hall–Kier alpha value is -5.30. The quantitative estimate of drug-likeness (QED) is 0.0415. The number of terminal acetylenes is 2. The average molecular weight is 979 g/mol. The highest BCUT2D eigenvalue weighted by atomic mass is 32.2. The van der Waals surface area contributed by atoms with Gasteiger partial charge in [-0.25, -0.2) is 16.8 Å². The van der Waals surface area contributed by atoms with Crippen molar-refractivity contribution in [2.45, 2.75) is 40.9 Å². The molecule has 0 aliphatic heterocycles. The van der Waals surface area contributed by atoms with E-state index in [1.54, 1.807) is 62.8 Å². The maximum Gasteiger partial charge on any atom is 0.178 e. The predicted octanol–water partition coefficient (Wildman–Crippen LogP) is 6.52. The van der Waals surface area contributed by atoms with Crippen LogP contribution in [0.3, 0.4) is 0 Å². The molecule has 14 heteroatoms. The van der Waals surface area contributed by atoms with Gasteiger partial charge in [-0.2, -0.15) is 0 Å². The molecule has 4 aromatic carbocycles. The van der Waals surface area contributed by atoms with Crippen LogP contribution in [-0.2, 0) is 63.0 Å². The highest BCUT2D eigenvalue weighted by Crippen LogP contribution is 2.53. The SMILES string of the molecule is C#CCOCCCS(=O)(=O)c1ccc(C#Cc2ccc3c(c2)C(CCOCCOCCOC)(CCOCCOCCOC)c2cc(C#Cc4ccc(S(=O)(=O)CCCOCC#C)cc4)ccc2-3)cc1. The molecule has 69 heavy (non-hydrogen) atoms. The Morgan fingerprint density at radius 2 is 0.783 bits per heavy atom. The van der Waals surface area contributed by atoms with Gasteiger partial charge in [-0.3, -0.25) is 0 Å². The molecule has 12 nitrogen and oxygen atoms in total. The number of sulfone groups is 2. The van der Waals surface area contributed by atoms with Gasteiger partial charge < -0.3 is 37.9 Å². The van der Waals surface area contributed by atoms with Crippen LogP contribution < -0.4 is 0 Å². The summed E-state index contributed by atoms with van der Waals surface area (Å²) in [6.07, 6.45) is 12.3. The third-order valence-electron chi connectivity index (χ3n) is 11.2. The van der Waals surface area contributed by atoms with Gasteiger partial charge in [0, 0.05) is 68.3 Å². The number of rotatable bonds is 30. The Bertz CT molecular complexity index is 2490. The lowest BCUT2D eigenvalue weighted by Gasteiger charge is -2.32. The number of hydrogen-bond donors (Lipinski definition) is 0. The zero-order valence-corrected chi connectivity index (χ0v) is 41.2. The van der Waals surface area contributed by atoms with Crippen molar-refractivity contribution in [1.82, 2.24) is 0 Å². The lowest BCUT2D eigenvalue weighted by molar-refractivity contribution is 0.0145. The van der Waals surface area contributed by atoms with Gasteiger partial charge >= 0.3 is 0 Å².